The smallest absolute Gasteiger partial charge is 0.376 e. The minimum absolute atomic E-state index is 0.493. The Morgan fingerprint density at radius 1 is 0.947 bits per heavy atom. The van der Waals surface area contributed by atoms with Crippen molar-refractivity contribution in [1.82, 2.24) is 0 Å². The van der Waals surface area contributed by atoms with E-state index < -0.39 is 14.0 Å². The van der Waals surface area contributed by atoms with Crippen molar-refractivity contribution in [2.45, 2.75) is 45.8 Å². The summed E-state index contributed by atoms with van der Waals surface area (Å²) in [7, 11) is -2.91. The largest absolute Gasteiger partial charge is 0.537 e. The standard InChI is InChI=1S/C13H28O5Si/c1-5-9-13(12-14-10-11-15-13)19(16-6-2,17-7-3)18-8-4/h5-12H2,1-4H3. The molecule has 0 bridgehead atoms. The fourth-order valence-corrected chi connectivity index (χ4v) is 5.84. The molecular formula is C13H28O5Si. The predicted octanol–water partition coefficient (Wildman–Crippen LogP) is 2.16. The quantitative estimate of drug-likeness (QED) is 0.609. The number of ether oxygens (including phenoxy) is 2. The maximum absolute atomic E-state index is 6.09. The van der Waals surface area contributed by atoms with E-state index >= 15 is 0 Å². The molecule has 1 saturated heterocycles. The average Bonchev–Trinajstić information content (AvgIpc) is 2.41. The molecule has 6 heteroatoms. The van der Waals surface area contributed by atoms with Gasteiger partial charge >= 0.3 is 8.80 Å². The topological polar surface area (TPSA) is 46.2 Å². The highest BCUT2D eigenvalue weighted by Crippen LogP contribution is 2.35. The highest BCUT2D eigenvalue weighted by Gasteiger charge is 2.63. The Labute approximate surface area is 117 Å². The van der Waals surface area contributed by atoms with E-state index in [9.17, 15) is 0 Å². The Bertz CT molecular complexity index is 221. The fraction of sp³-hybridized carbons (Fsp3) is 1.00. The van der Waals surface area contributed by atoms with Crippen LogP contribution in [0.15, 0.2) is 0 Å². The van der Waals surface area contributed by atoms with Gasteiger partial charge in [0.2, 0.25) is 0 Å². The van der Waals surface area contributed by atoms with Crippen molar-refractivity contribution in [3.63, 3.8) is 0 Å². The van der Waals surface area contributed by atoms with Gasteiger partial charge < -0.3 is 22.8 Å². The van der Waals surface area contributed by atoms with E-state index in [1.807, 2.05) is 20.8 Å². The molecule has 1 unspecified atom stereocenters. The molecule has 1 aliphatic rings. The third kappa shape index (κ3) is 3.77. The van der Waals surface area contributed by atoms with Crippen LogP contribution in [0.2, 0.25) is 0 Å². The molecule has 1 fully saturated rings. The van der Waals surface area contributed by atoms with Crippen molar-refractivity contribution >= 4 is 8.80 Å². The second-order valence-electron chi connectivity index (χ2n) is 4.50. The summed E-state index contributed by atoms with van der Waals surface area (Å²) < 4.78 is 29.7. The number of rotatable bonds is 9. The maximum Gasteiger partial charge on any atom is 0.537 e. The summed E-state index contributed by atoms with van der Waals surface area (Å²) in [4.78, 5) is 0. The van der Waals surface area contributed by atoms with E-state index in [0.717, 1.165) is 12.8 Å². The first kappa shape index (κ1) is 17.1. The SMILES string of the molecule is CCCC1([Si](OCC)(OCC)OCC)COCCO1. The Kier molecular flexibility index (Phi) is 7.49. The molecule has 0 aromatic heterocycles. The molecule has 1 aliphatic heterocycles. The van der Waals surface area contributed by atoms with Crippen molar-refractivity contribution in [2.75, 3.05) is 39.6 Å². The van der Waals surface area contributed by atoms with Gasteiger partial charge in [-0.05, 0) is 27.2 Å². The molecule has 0 aromatic carbocycles. The number of hydrogen-bond donors (Lipinski definition) is 0. The second kappa shape index (κ2) is 8.34. The summed E-state index contributed by atoms with van der Waals surface area (Å²) in [5, 5.41) is -0.554. The molecule has 0 saturated carbocycles. The van der Waals surface area contributed by atoms with Crippen LogP contribution in [0.5, 0.6) is 0 Å². The van der Waals surface area contributed by atoms with Gasteiger partial charge in [-0.25, -0.2) is 0 Å². The maximum atomic E-state index is 6.09. The highest BCUT2D eigenvalue weighted by atomic mass is 28.4. The molecule has 0 N–H and O–H groups in total. The summed E-state index contributed by atoms with van der Waals surface area (Å²) >= 11 is 0. The normalized spacial score (nSPS) is 24.6. The molecule has 0 spiro atoms. The molecule has 0 amide bonds. The predicted molar refractivity (Wildman–Crippen MR) is 75.0 cm³/mol. The zero-order valence-corrected chi connectivity index (χ0v) is 13.7. The minimum atomic E-state index is -2.91. The van der Waals surface area contributed by atoms with Crippen LogP contribution in [-0.4, -0.2) is 53.7 Å². The van der Waals surface area contributed by atoms with Gasteiger partial charge in [0, 0.05) is 19.8 Å². The average molecular weight is 292 g/mol. The molecule has 0 aromatic rings. The summed E-state index contributed by atoms with van der Waals surface area (Å²) in [6.07, 6.45) is 1.81. The third-order valence-electron chi connectivity index (χ3n) is 3.16. The number of hydrogen-bond acceptors (Lipinski definition) is 5. The second-order valence-corrected chi connectivity index (χ2v) is 7.39. The van der Waals surface area contributed by atoms with Gasteiger partial charge in [-0.1, -0.05) is 13.3 Å². The van der Waals surface area contributed by atoms with Crippen LogP contribution in [0.25, 0.3) is 0 Å². The lowest BCUT2D eigenvalue weighted by Crippen LogP contribution is -2.70. The highest BCUT2D eigenvalue weighted by molar-refractivity contribution is 6.64. The van der Waals surface area contributed by atoms with Crippen LogP contribution in [0.1, 0.15) is 40.5 Å². The molecule has 1 atom stereocenters. The zero-order valence-electron chi connectivity index (χ0n) is 12.7. The lowest BCUT2D eigenvalue weighted by molar-refractivity contribution is -0.158. The first-order valence-electron chi connectivity index (χ1n) is 7.33. The zero-order chi connectivity index (χ0) is 14.2. The minimum Gasteiger partial charge on any atom is -0.376 e. The molecule has 0 radical (unpaired) electrons. The summed E-state index contributed by atoms with van der Waals surface area (Å²) in [5.41, 5.74) is 0. The van der Waals surface area contributed by atoms with Crippen molar-refractivity contribution in [1.29, 1.82) is 0 Å². The van der Waals surface area contributed by atoms with Gasteiger partial charge in [-0.3, -0.25) is 0 Å². The van der Waals surface area contributed by atoms with Crippen LogP contribution < -0.4 is 0 Å². The van der Waals surface area contributed by atoms with Gasteiger partial charge in [0.25, 0.3) is 0 Å². The van der Waals surface area contributed by atoms with Gasteiger partial charge in [0.15, 0.2) is 5.22 Å². The van der Waals surface area contributed by atoms with E-state index in [1.54, 1.807) is 0 Å². The molecular weight excluding hydrogens is 264 g/mol. The molecule has 5 nitrogen and oxygen atoms in total. The van der Waals surface area contributed by atoms with Gasteiger partial charge in [0.05, 0.1) is 19.8 Å². The van der Waals surface area contributed by atoms with Crippen LogP contribution >= 0.6 is 0 Å². The Morgan fingerprint density at radius 3 is 1.89 bits per heavy atom. The third-order valence-corrected chi connectivity index (χ3v) is 6.82. The van der Waals surface area contributed by atoms with Crippen molar-refractivity contribution < 1.29 is 22.8 Å². The molecule has 0 aliphatic carbocycles. The van der Waals surface area contributed by atoms with Crippen LogP contribution in [-0.2, 0) is 22.8 Å². The first-order chi connectivity index (χ1) is 9.20. The monoisotopic (exact) mass is 292 g/mol. The van der Waals surface area contributed by atoms with Crippen LogP contribution in [0.4, 0.5) is 0 Å². The van der Waals surface area contributed by atoms with E-state index in [-0.39, 0.29) is 0 Å². The molecule has 114 valence electrons. The van der Waals surface area contributed by atoms with Crippen molar-refractivity contribution in [3.8, 4) is 0 Å². The van der Waals surface area contributed by atoms with Crippen molar-refractivity contribution in [2.24, 2.45) is 0 Å². The van der Waals surface area contributed by atoms with Crippen LogP contribution in [0.3, 0.4) is 0 Å². The van der Waals surface area contributed by atoms with Gasteiger partial charge in [-0.2, -0.15) is 0 Å². The summed E-state index contributed by atoms with van der Waals surface area (Å²) in [6.45, 7) is 11.4. The Morgan fingerprint density at radius 2 is 1.53 bits per heavy atom. The summed E-state index contributed by atoms with van der Waals surface area (Å²) in [5.74, 6) is 0. The van der Waals surface area contributed by atoms with Gasteiger partial charge in [-0.15, -0.1) is 0 Å². The van der Waals surface area contributed by atoms with E-state index in [2.05, 4.69) is 6.92 Å². The Hall–Kier alpha value is 0.0169. The van der Waals surface area contributed by atoms with E-state index in [4.69, 9.17) is 22.8 Å². The first-order valence-corrected chi connectivity index (χ1v) is 9.06. The van der Waals surface area contributed by atoms with E-state index in [1.165, 1.54) is 0 Å². The molecule has 1 rings (SSSR count). The molecule has 19 heavy (non-hydrogen) atoms. The lowest BCUT2D eigenvalue weighted by atomic mass is 10.2. The van der Waals surface area contributed by atoms with E-state index in [0.29, 0.717) is 39.6 Å². The van der Waals surface area contributed by atoms with Gasteiger partial charge in [0.1, 0.15) is 0 Å². The Balaban J connectivity index is 3.05. The molecule has 1 heterocycles. The van der Waals surface area contributed by atoms with Crippen LogP contribution in [0, 0.1) is 0 Å². The lowest BCUT2D eigenvalue weighted by Gasteiger charge is -2.46. The summed E-state index contributed by atoms with van der Waals surface area (Å²) in [6, 6.07) is 0. The van der Waals surface area contributed by atoms with Crippen molar-refractivity contribution in [3.05, 3.63) is 0 Å². The fourth-order valence-electron chi connectivity index (χ4n) is 2.54.